The van der Waals surface area contributed by atoms with Gasteiger partial charge in [0.2, 0.25) is 5.43 Å². The average molecular weight is 442 g/mol. The monoisotopic (exact) mass is 442 g/mol. The van der Waals surface area contributed by atoms with Crippen LogP contribution >= 0.6 is 0 Å². The molecule has 2 N–H and O–H groups in total. The first-order valence-electron chi connectivity index (χ1n) is 10.3. The van der Waals surface area contributed by atoms with Crippen LogP contribution in [0.1, 0.15) is 47.2 Å². The molecule has 10 heteroatoms. The van der Waals surface area contributed by atoms with E-state index in [2.05, 4.69) is 5.10 Å². The van der Waals surface area contributed by atoms with Gasteiger partial charge >= 0.3 is 0 Å². The molecule has 2 aliphatic heterocycles. The number of pyridine rings is 1. The van der Waals surface area contributed by atoms with Crippen LogP contribution in [0.4, 0.5) is 8.78 Å². The fourth-order valence-corrected chi connectivity index (χ4v) is 4.65. The van der Waals surface area contributed by atoms with Crippen molar-refractivity contribution in [1.82, 2.24) is 19.2 Å². The molecule has 1 aromatic carbocycles. The van der Waals surface area contributed by atoms with Gasteiger partial charge in [0, 0.05) is 37.3 Å². The number of benzene rings is 1. The van der Waals surface area contributed by atoms with Crippen LogP contribution in [0.3, 0.4) is 0 Å². The van der Waals surface area contributed by atoms with Crippen LogP contribution in [0, 0.1) is 11.6 Å². The summed E-state index contributed by atoms with van der Waals surface area (Å²) in [4.78, 5) is 27.4. The third-order valence-corrected chi connectivity index (χ3v) is 6.15. The topological polar surface area (TPSA) is 101 Å². The lowest BCUT2D eigenvalue weighted by Gasteiger charge is -2.33. The molecule has 1 amide bonds. The van der Waals surface area contributed by atoms with Gasteiger partial charge in [-0.1, -0.05) is 6.07 Å². The van der Waals surface area contributed by atoms with E-state index in [1.165, 1.54) is 27.9 Å². The molecule has 4 heterocycles. The minimum absolute atomic E-state index is 0.00513. The highest BCUT2D eigenvalue weighted by atomic mass is 19.1. The summed E-state index contributed by atoms with van der Waals surface area (Å²) in [7, 11) is 0. The molecule has 2 atom stereocenters. The van der Waals surface area contributed by atoms with Crippen molar-refractivity contribution in [2.75, 3.05) is 13.1 Å². The van der Waals surface area contributed by atoms with Crippen LogP contribution in [0.25, 0.3) is 11.3 Å². The summed E-state index contributed by atoms with van der Waals surface area (Å²) in [5, 5.41) is 25.7. The van der Waals surface area contributed by atoms with Crippen molar-refractivity contribution in [3.05, 3.63) is 69.3 Å². The van der Waals surface area contributed by atoms with Crippen LogP contribution in [0.5, 0.6) is 5.75 Å². The van der Waals surface area contributed by atoms with Gasteiger partial charge in [-0.3, -0.25) is 14.3 Å². The van der Waals surface area contributed by atoms with Gasteiger partial charge in [0.25, 0.3) is 5.91 Å². The predicted octanol–water partition coefficient (Wildman–Crippen LogP) is 2.20. The number of hydrogen-bond donors (Lipinski definition) is 2. The Morgan fingerprint density at radius 1 is 1.22 bits per heavy atom. The van der Waals surface area contributed by atoms with Gasteiger partial charge in [0.15, 0.2) is 11.4 Å². The van der Waals surface area contributed by atoms with Crippen LogP contribution in [-0.4, -0.2) is 48.5 Å². The van der Waals surface area contributed by atoms with Gasteiger partial charge in [-0.2, -0.15) is 5.10 Å². The summed E-state index contributed by atoms with van der Waals surface area (Å²) in [5.74, 6) is -2.54. The molecule has 0 saturated carbocycles. The van der Waals surface area contributed by atoms with Crippen molar-refractivity contribution in [2.45, 2.75) is 32.0 Å². The molecule has 5 rings (SSSR count). The molecule has 3 aromatic rings. The maximum absolute atomic E-state index is 14.0. The molecule has 2 aromatic heterocycles. The number of carbonyl (C=O) groups is 1. The Morgan fingerprint density at radius 2 is 2.00 bits per heavy atom. The normalized spacial score (nSPS) is 19.5. The van der Waals surface area contributed by atoms with Gasteiger partial charge in [-0.15, -0.1) is 0 Å². The zero-order valence-electron chi connectivity index (χ0n) is 17.1. The van der Waals surface area contributed by atoms with E-state index in [0.717, 1.165) is 12.1 Å². The van der Waals surface area contributed by atoms with Crippen LogP contribution in [0.2, 0.25) is 0 Å². The number of carbonyl (C=O) groups excluding carboxylic acids is 1. The highest BCUT2D eigenvalue weighted by Crippen LogP contribution is 2.44. The zero-order chi connectivity index (χ0) is 22.7. The molecule has 0 radical (unpaired) electrons. The van der Waals surface area contributed by atoms with E-state index in [0.29, 0.717) is 19.5 Å². The number of nitrogens with zero attached hydrogens (tertiary/aromatic N) is 4. The van der Waals surface area contributed by atoms with Crippen LogP contribution < -0.4 is 5.43 Å². The van der Waals surface area contributed by atoms with Crippen LogP contribution in [-0.2, 0) is 6.54 Å². The Morgan fingerprint density at radius 3 is 2.72 bits per heavy atom. The maximum atomic E-state index is 14.0. The number of rotatable bonds is 4. The number of aromatic nitrogens is 3. The Hall–Kier alpha value is -3.53. The fraction of sp³-hybridized carbons (Fsp3) is 0.318. The van der Waals surface area contributed by atoms with E-state index < -0.39 is 34.8 Å². The fourth-order valence-electron chi connectivity index (χ4n) is 4.65. The van der Waals surface area contributed by atoms with Crippen molar-refractivity contribution in [2.24, 2.45) is 0 Å². The summed E-state index contributed by atoms with van der Waals surface area (Å²) >= 11 is 0. The number of amides is 1. The first-order valence-corrected chi connectivity index (χ1v) is 10.3. The molecule has 0 aliphatic carbocycles. The summed E-state index contributed by atoms with van der Waals surface area (Å²) in [6.45, 7) is 2.59. The maximum Gasteiger partial charge on any atom is 0.274 e. The lowest BCUT2D eigenvalue weighted by molar-refractivity contribution is 0.0668. The van der Waals surface area contributed by atoms with Crippen molar-refractivity contribution in [1.29, 1.82) is 0 Å². The second-order valence-electron chi connectivity index (χ2n) is 8.04. The van der Waals surface area contributed by atoms with Gasteiger partial charge in [0.05, 0.1) is 35.6 Å². The molecular weight excluding hydrogens is 422 g/mol. The summed E-state index contributed by atoms with van der Waals surface area (Å²) in [6.07, 6.45) is 0.814. The second kappa shape index (κ2) is 7.27. The molecule has 0 spiro atoms. The number of likely N-dealkylation sites (N-methyl/N-ethyl adjacent to an activating group) is 1. The Bertz CT molecular complexity index is 1320. The van der Waals surface area contributed by atoms with Gasteiger partial charge < -0.3 is 19.7 Å². The highest BCUT2D eigenvalue weighted by molar-refractivity contribution is 5.97. The molecule has 0 bridgehead atoms. The Kier molecular flexibility index (Phi) is 4.63. The highest BCUT2D eigenvalue weighted by Gasteiger charge is 2.43. The third-order valence-electron chi connectivity index (χ3n) is 6.15. The molecule has 0 fully saturated rings. The predicted molar refractivity (Wildman–Crippen MR) is 109 cm³/mol. The SMILES string of the molecule is CCN1C[C@@H]2CC(O)c3c(-c4ccn(Cc5ccc(F)cc5F)n4)c(=O)c(O)c(n32)C1=O. The summed E-state index contributed by atoms with van der Waals surface area (Å²) < 4.78 is 30.1. The van der Waals surface area contributed by atoms with Crippen molar-refractivity contribution in [3.8, 4) is 17.0 Å². The average Bonchev–Trinajstić information content (AvgIpc) is 3.34. The number of halogens is 2. The molecule has 2 aliphatic rings. The minimum Gasteiger partial charge on any atom is -0.503 e. The van der Waals surface area contributed by atoms with Crippen molar-refractivity contribution < 1.29 is 23.8 Å². The summed E-state index contributed by atoms with van der Waals surface area (Å²) in [6, 6.07) is 4.48. The largest absolute Gasteiger partial charge is 0.503 e. The number of aliphatic hydroxyl groups excluding tert-OH is 1. The van der Waals surface area contributed by atoms with E-state index >= 15 is 0 Å². The quantitative estimate of drug-likeness (QED) is 0.645. The molecule has 32 heavy (non-hydrogen) atoms. The molecular formula is C22H20F2N4O4. The standard InChI is InChI=1S/C22H20F2N4O4/c1-2-26-10-13-8-16(29)18-17(20(30)21(31)19(22(26)32)28(13)18)15-5-6-27(25-15)9-11-3-4-12(23)7-14(11)24/h3-7,13,16,29,31H,2,8-10H2,1H3/t13-,16?/m0/s1. The molecule has 8 nitrogen and oxygen atoms in total. The van der Waals surface area contributed by atoms with E-state index in [1.807, 2.05) is 0 Å². The Labute approximate surface area is 180 Å². The Balaban J connectivity index is 1.61. The first-order chi connectivity index (χ1) is 15.3. The van der Waals surface area contributed by atoms with Gasteiger partial charge in [-0.05, 0) is 19.1 Å². The van der Waals surface area contributed by atoms with E-state index in [4.69, 9.17) is 0 Å². The smallest absolute Gasteiger partial charge is 0.274 e. The van der Waals surface area contributed by atoms with E-state index in [-0.39, 0.29) is 40.8 Å². The third kappa shape index (κ3) is 2.94. The van der Waals surface area contributed by atoms with Crippen molar-refractivity contribution >= 4 is 5.91 Å². The molecule has 166 valence electrons. The van der Waals surface area contributed by atoms with Gasteiger partial charge in [-0.25, -0.2) is 8.78 Å². The lowest BCUT2D eigenvalue weighted by Crippen LogP contribution is -2.43. The number of aromatic hydroxyl groups is 1. The number of hydrogen-bond acceptors (Lipinski definition) is 5. The first kappa shape index (κ1) is 20.4. The van der Waals surface area contributed by atoms with E-state index in [1.54, 1.807) is 11.5 Å². The molecule has 0 saturated heterocycles. The number of aliphatic hydroxyl groups is 1. The second-order valence-corrected chi connectivity index (χ2v) is 8.04. The van der Waals surface area contributed by atoms with E-state index in [9.17, 15) is 28.6 Å². The minimum atomic E-state index is -1.01. The van der Waals surface area contributed by atoms with Crippen molar-refractivity contribution in [3.63, 3.8) is 0 Å². The van der Waals surface area contributed by atoms with Gasteiger partial charge in [0.1, 0.15) is 11.6 Å². The van der Waals surface area contributed by atoms with Crippen LogP contribution in [0.15, 0.2) is 35.3 Å². The zero-order valence-corrected chi connectivity index (χ0v) is 17.1. The lowest BCUT2D eigenvalue weighted by atomic mass is 10.0. The molecule has 1 unspecified atom stereocenters. The summed E-state index contributed by atoms with van der Waals surface area (Å²) in [5.41, 5.74) is -0.261.